The molecule has 0 aliphatic carbocycles. The van der Waals surface area contributed by atoms with E-state index in [1.807, 2.05) is 40.8 Å². The summed E-state index contributed by atoms with van der Waals surface area (Å²) in [6.45, 7) is 7.32. The van der Waals surface area contributed by atoms with Crippen LogP contribution in [0.25, 0.3) is 10.2 Å². The fraction of sp³-hybridized carbons (Fsp3) is 0.368. The number of rotatable bonds is 3. The average molecular weight is 354 g/mol. The Morgan fingerprint density at radius 1 is 1.36 bits per heavy atom. The third kappa shape index (κ3) is 3.07. The number of piperazine rings is 1. The fourth-order valence-corrected chi connectivity index (χ4v) is 4.48. The Morgan fingerprint density at radius 2 is 2.16 bits per heavy atom. The number of hydrogen-bond acceptors (Lipinski definition) is 4. The van der Waals surface area contributed by atoms with Crippen LogP contribution in [-0.2, 0) is 6.54 Å². The number of thiophene rings is 1. The van der Waals surface area contributed by atoms with Gasteiger partial charge in [-0.05, 0) is 25.5 Å². The van der Waals surface area contributed by atoms with Crippen LogP contribution in [0.5, 0.6) is 0 Å². The summed E-state index contributed by atoms with van der Waals surface area (Å²) in [5.74, 6) is 0.140. The molecule has 3 heterocycles. The van der Waals surface area contributed by atoms with Gasteiger partial charge in [-0.25, -0.2) is 0 Å². The predicted molar refractivity (Wildman–Crippen MR) is 101 cm³/mol. The van der Waals surface area contributed by atoms with Crippen LogP contribution in [0.2, 0.25) is 0 Å². The van der Waals surface area contributed by atoms with E-state index in [9.17, 15) is 4.79 Å². The lowest BCUT2D eigenvalue weighted by atomic mass is 10.2. The molecular weight excluding hydrogens is 332 g/mol. The van der Waals surface area contributed by atoms with Gasteiger partial charge in [0, 0.05) is 31.1 Å². The molecule has 2 aromatic heterocycles. The molecule has 0 unspecified atom stereocenters. The van der Waals surface area contributed by atoms with Crippen molar-refractivity contribution in [3.8, 4) is 0 Å². The third-order valence-corrected chi connectivity index (χ3v) is 5.89. The second kappa shape index (κ2) is 6.61. The minimum Gasteiger partial charge on any atom is -0.333 e. The first-order valence-electron chi connectivity index (χ1n) is 8.66. The van der Waals surface area contributed by atoms with Crippen molar-refractivity contribution in [2.75, 3.05) is 19.6 Å². The van der Waals surface area contributed by atoms with Gasteiger partial charge in [0.05, 0.1) is 17.1 Å². The van der Waals surface area contributed by atoms with Gasteiger partial charge >= 0.3 is 0 Å². The minimum absolute atomic E-state index is 0.140. The molecule has 130 valence electrons. The summed E-state index contributed by atoms with van der Waals surface area (Å²) in [7, 11) is 0. The number of amides is 1. The quantitative estimate of drug-likeness (QED) is 0.787. The van der Waals surface area contributed by atoms with Crippen LogP contribution in [0.3, 0.4) is 0 Å². The van der Waals surface area contributed by atoms with E-state index < -0.39 is 0 Å². The van der Waals surface area contributed by atoms with E-state index in [0.29, 0.717) is 0 Å². The van der Waals surface area contributed by atoms with Gasteiger partial charge in [-0.1, -0.05) is 30.3 Å². The van der Waals surface area contributed by atoms with Crippen molar-refractivity contribution in [2.45, 2.75) is 26.4 Å². The van der Waals surface area contributed by atoms with Gasteiger partial charge in [-0.15, -0.1) is 11.3 Å². The van der Waals surface area contributed by atoms with Crippen molar-refractivity contribution >= 4 is 27.5 Å². The van der Waals surface area contributed by atoms with E-state index in [1.165, 1.54) is 5.56 Å². The van der Waals surface area contributed by atoms with E-state index in [2.05, 4.69) is 29.5 Å². The lowest BCUT2D eigenvalue weighted by Crippen LogP contribution is -2.52. The minimum atomic E-state index is 0.140. The highest BCUT2D eigenvalue weighted by molar-refractivity contribution is 7.20. The van der Waals surface area contributed by atoms with E-state index in [0.717, 1.165) is 47.0 Å². The second-order valence-corrected chi connectivity index (χ2v) is 7.64. The topological polar surface area (TPSA) is 50.2 Å². The molecule has 4 rings (SSSR count). The molecule has 0 spiro atoms. The van der Waals surface area contributed by atoms with Crippen molar-refractivity contribution in [1.82, 2.24) is 20.0 Å². The zero-order valence-corrected chi connectivity index (χ0v) is 15.3. The lowest BCUT2D eigenvalue weighted by molar-refractivity contribution is 0.0661. The van der Waals surface area contributed by atoms with Crippen molar-refractivity contribution in [2.24, 2.45) is 0 Å². The van der Waals surface area contributed by atoms with Crippen molar-refractivity contribution in [3.63, 3.8) is 0 Å². The average Bonchev–Trinajstić information content (AvgIpc) is 3.18. The summed E-state index contributed by atoms with van der Waals surface area (Å²) < 4.78 is 2.02. The fourth-order valence-electron chi connectivity index (χ4n) is 3.37. The number of hydrogen-bond donors (Lipinski definition) is 1. The highest BCUT2D eigenvalue weighted by Gasteiger charge is 2.26. The third-order valence-electron chi connectivity index (χ3n) is 4.76. The lowest BCUT2D eigenvalue weighted by Gasteiger charge is -2.33. The molecule has 1 aromatic carbocycles. The van der Waals surface area contributed by atoms with E-state index in [-0.39, 0.29) is 11.9 Å². The number of benzene rings is 1. The standard InChI is InChI=1S/C19H22N4OS/c1-13-11-20-8-9-22(13)18(24)17-10-16-14(2)21-23(19(16)25-17)12-15-6-4-3-5-7-15/h3-7,10,13,20H,8-9,11-12H2,1-2H3/t13-/m1/s1. The number of fused-ring (bicyclic) bond motifs is 1. The van der Waals surface area contributed by atoms with Gasteiger partial charge in [-0.3, -0.25) is 9.48 Å². The maximum absolute atomic E-state index is 12.9. The Labute approximate surface area is 151 Å². The van der Waals surface area contributed by atoms with Crippen LogP contribution in [0.1, 0.15) is 27.9 Å². The van der Waals surface area contributed by atoms with Crippen molar-refractivity contribution in [1.29, 1.82) is 0 Å². The molecule has 1 saturated heterocycles. The maximum Gasteiger partial charge on any atom is 0.264 e. The van der Waals surface area contributed by atoms with Crippen LogP contribution in [-0.4, -0.2) is 46.3 Å². The molecule has 0 bridgehead atoms. The Kier molecular flexibility index (Phi) is 4.31. The molecule has 1 atom stereocenters. The predicted octanol–water partition coefficient (Wildman–Crippen LogP) is 2.89. The van der Waals surface area contributed by atoms with Crippen LogP contribution in [0.4, 0.5) is 0 Å². The molecule has 25 heavy (non-hydrogen) atoms. The molecule has 1 aliphatic heterocycles. The summed E-state index contributed by atoms with van der Waals surface area (Å²) in [4.78, 5) is 16.8. The van der Waals surface area contributed by atoms with Crippen LogP contribution in [0.15, 0.2) is 36.4 Å². The van der Waals surface area contributed by atoms with Gasteiger partial charge in [0.25, 0.3) is 5.91 Å². The molecule has 6 heteroatoms. The van der Waals surface area contributed by atoms with Gasteiger partial charge in [0.1, 0.15) is 4.83 Å². The molecule has 0 radical (unpaired) electrons. The first-order valence-corrected chi connectivity index (χ1v) is 9.47. The zero-order valence-electron chi connectivity index (χ0n) is 14.5. The van der Waals surface area contributed by atoms with Crippen LogP contribution < -0.4 is 5.32 Å². The van der Waals surface area contributed by atoms with Crippen LogP contribution in [0, 0.1) is 6.92 Å². The summed E-state index contributed by atoms with van der Waals surface area (Å²) in [6, 6.07) is 12.5. The first-order chi connectivity index (χ1) is 12.1. The summed E-state index contributed by atoms with van der Waals surface area (Å²) in [6.07, 6.45) is 0. The number of carbonyl (C=O) groups excluding carboxylic acids is 1. The Bertz CT molecular complexity index is 899. The normalized spacial score (nSPS) is 18.0. The molecule has 1 N–H and O–H groups in total. The second-order valence-electron chi connectivity index (χ2n) is 6.61. The molecule has 1 aliphatic rings. The Morgan fingerprint density at radius 3 is 2.92 bits per heavy atom. The van der Waals surface area contributed by atoms with E-state index >= 15 is 0 Å². The molecule has 0 saturated carbocycles. The summed E-state index contributed by atoms with van der Waals surface area (Å²) in [5.41, 5.74) is 2.19. The van der Waals surface area contributed by atoms with Gasteiger partial charge in [-0.2, -0.15) is 5.10 Å². The van der Waals surface area contributed by atoms with E-state index in [1.54, 1.807) is 11.3 Å². The summed E-state index contributed by atoms with van der Waals surface area (Å²) >= 11 is 1.56. The molecular formula is C19H22N4OS. The van der Waals surface area contributed by atoms with Crippen molar-refractivity contribution in [3.05, 3.63) is 52.5 Å². The van der Waals surface area contributed by atoms with Gasteiger partial charge < -0.3 is 10.2 Å². The largest absolute Gasteiger partial charge is 0.333 e. The SMILES string of the molecule is Cc1nn(Cc2ccccc2)c2sc(C(=O)N3CCNC[C@H]3C)cc12. The Hall–Kier alpha value is -2.18. The van der Waals surface area contributed by atoms with Crippen LogP contribution >= 0.6 is 11.3 Å². The zero-order chi connectivity index (χ0) is 17.4. The monoisotopic (exact) mass is 354 g/mol. The first kappa shape index (κ1) is 16.3. The van der Waals surface area contributed by atoms with E-state index in [4.69, 9.17) is 0 Å². The smallest absolute Gasteiger partial charge is 0.264 e. The Balaban J connectivity index is 1.66. The van der Waals surface area contributed by atoms with Gasteiger partial charge in [0.2, 0.25) is 0 Å². The maximum atomic E-state index is 12.9. The van der Waals surface area contributed by atoms with Crippen molar-refractivity contribution < 1.29 is 4.79 Å². The highest BCUT2D eigenvalue weighted by atomic mass is 32.1. The highest BCUT2D eigenvalue weighted by Crippen LogP contribution is 2.30. The summed E-state index contributed by atoms with van der Waals surface area (Å²) in [5, 5.41) is 9.09. The molecule has 3 aromatic rings. The number of carbonyl (C=O) groups is 1. The number of nitrogens with zero attached hydrogens (tertiary/aromatic N) is 3. The van der Waals surface area contributed by atoms with Gasteiger partial charge in [0.15, 0.2) is 0 Å². The number of aromatic nitrogens is 2. The molecule has 1 amide bonds. The molecule has 1 fully saturated rings. The number of nitrogens with one attached hydrogen (secondary N) is 1. The molecule has 5 nitrogen and oxygen atoms in total. The number of aryl methyl sites for hydroxylation is 1.